The third-order valence-electron chi connectivity index (χ3n) is 5.69. The van der Waals surface area contributed by atoms with Crippen molar-refractivity contribution in [2.45, 2.75) is 19.8 Å². The van der Waals surface area contributed by atoms with E-state index in [1.165, 1.54) is 0 Å². The molecular weight excluding hydrogens is 324 g/mol. The van der Waals surface area contributed by atoms with Crippen LogP contribution in [0.1, 0.15) is 19.8 Å². The van der Waals surface area contributed by atoms with Crippen LogP contribution in [0.25, 0.3) is 11.1 Å². The Hall–Kier alpha value is -2.55. The molecule has 2 aromatic carbocycles. The summed E-state index contributed by atoms with van der Waals surface area (Å²) in [5.74, 6) is 1.60. The van der Waals surface area contributed by atoms with Crippen LogP contribution in [0.15, 0.2) is 66.7 Å². The molecule has 0 spiro atoms. The van der Waals surface area contributed by atoms with E-state index in [1.54, 1.807) is 0 Å². The summed E-state index contributed by atoms with van der Waals surface area (Å²) in [7, 11) is 0. The van der Waals surface area contributed by atoms with Crippen LogP contribution in [0, 0.1) is 17.3 Å². The molecule has 0 N–H and O–H groups in total. The Morgan fingerprint density at radius 1 is 1.04 bits per heavy atom. The van der Waals surface area contributed by atoms with E-state index in [-0.39, 0.29) is 18.0 Å². The molecule has 4 rings (SSSR count). The number of para-hydroxylation sites is 1. The molecular formula is C23H24O3. The number of esters is 1. The van der Waals surface area contributed by atoms with Crippen molar-refractivity contribution in [2.75, 3.05) is 13.2 Å². The molecule has 0 saturated heterocycles. The van der Waals surface area contributed by atoms with Gasteiger partial charge in [-0.15, -0.1) is 0 Å². The highest BCUT2D eigenvalue weighted by atomic mass is 16.6. The number of hydrogen-bond acceptors (Lipinski definition) is 3. The minimum absolute atomic E-state index is 0.0886. The minimum atomic E-state index is -0.360. The van der Waals surface area contributed by atoms with Gasteiger partial charge in [0, 0.05) is 5.56 Å². The Labute approximate surface area is 154 Å². The SMILES string of the molecule is CC1(C(=O)OCCOc2ccccc2-c2ccccc2)CC2C=CC1C2. The lowest BCUT2D eigenvalue weighted by molar-refractivity contribution is -0.157. The predicted molar refractivity (Wildman–Crippen MR) is 102 cm³/mol. The number of ether oxygens (including phenoxy) is 2. The van der Waals surface area contributed by atoms with Gasteiger partial charge >= 0.3 is 5.97 Å². The molecule has 3 heteroatoms. The van der Waals surface area contributed by atoms with Crippen molar-refractivity contribution < 1.29 is 14.3 Å². The maximum Gasteiger partial charge on any atom is 0.312 e. The Bertz CT molecular complexity index is 811. The summed E-state index contributed by atoms with van der Waals surface area (Å²) in [5, 5.41) is 0. The van der Waals surface area contributed by atoms with Gasteiger partial charge in [0.2, 0.25) is 0 Å². The van der Waals surface area contributed by atoms with Crippen LogP contribution in [0.4, 0.5) is 0 Å². The maximum atomic E-state index is 12.5. The van der Waals surface area contributed by atoms with Crippen molar-refractivity contribution in [3.05, 3.63) is 66.7 Å². The molecule has 3 nitrogen and oxygen atoms in total. The molecule has 3 atom stereocenters. The van der Waals surface area contributed by atoms with Gasteiger partial charge in [-0.2, -0.15) is 0 Å². The number of carbonyl (C=O) groups excluding carboxylic acids is 1. The molecule has 0 aromatic heterocycles. The fourth-order valence-corrected chi connectivity index (χ4v) is 4.23. The normalized spacial score (nSPS) is 26.0. The van der Waals surface area contributed by atoms with Crippen LogP contribution in [0.3, 0.4) is 0 Å². The van der Waals surface area contributed by atoms with Gasteiger partial charge in [-0.1, -0.05) is 60.7 Å². The van der Waals surface area contributed by atoms with E-state index in [1.807, 2.05) is 49.4 Å². The van der Waals surface area contributed by atoms with Crippen molar-refractivity contribution in [1.82, 2.24) is 0 Å². The highest BCUT2D eigenvalue weighted by Crippen LogP contribution is 2.52. The Balaban J connectivity index is 1.33. The minimum Gasteiger partial charge on any atom is -0.489 e. The maximum absolute atomic E-state index is 12.5. The molecule has 2 bridgehead atoms. The quantitative estimate of drug-likeness (QED) is 0.424. The fourth-order valence-electron chi connectivity index (χ4n) is 4.23. The van der Waals surface area contributed by atoms with Gasteiger partial charge in [-0.3, -0.25) is 4.79 Å². The first-order valence-corrected chi connectivity index (χ1v) is 9.29. The predicted octanol–water partition coefficient (Wildman–Crippen LogP) is 4.88. The van der Waals surface area contributed by atoms with Crippen molar-refractivity contribution in [3.63, 3.8) is 0 Å². The zero-order valence-corrected chi connectivity index (χ0v) is 15.1. The summed E-state index contributed by atoms with van der Waals surface area (Å²) in [6.07, 6.45) is 6.42. The number of carbonyl (C=O) groups is 1. The van der Waals surface area contributed by atoms with E-state index < -0.39 is 0 Å². The van der Waals surface area contributed by atoms with E-state index in [9.17, 15) is 4.79 Å². The van der Waals surface area contributed by atoms with Crippen molar-refractivity contribution >= 4 is 5.97 Å². The van der Waals surface area contributed by atoms with E-state index in [4.69, 9.17) is 9.47 Å². The third-order valence-corrected chi connectivity index (χ3v) is 5.69. The zero-order chi connectivity index (χ0) is 18.0. The van der Waals surface area contributed by atoms with Gasteiger partial charge in [-0.05, 0) is 43.2 Å². The smallest absolute Gasteiger partial charge is 0.312 e. The third kappa shape index (κ3) is 3.14. The summed E-state index contributed by atoms with van der Waals surface area (Å²) in [5.41, 5.74) is 1.80. The molecule has 2 aromatic rings. The molecule has 26 heavy (non-hydrogen) atoms. The van der Waals surface area contributed by atoms with Crippen molar-refractivity contribution in [3.8, 4) is 16.9 Å². The second kappa shape index (κ2) is 6.99. The Kier molecular flexibility index (Phi) is 4.54. The first-order chi connectivity index (χ1) is 12.7. The van der Waals surface area contributed by atoms with Crippen molar-refractivity contribution in [2.24, 2.45) is 17.3 Å². The summed E-state index contributed by atoms with van der Waals surface area (Å²) in [4.78, 5) is 12.5. The van der Waals surface area contributed by atoms with Gasteiger partial charge < -0.3 is 9.47 Å². The van der Waals surface area contributed by atoms with E-state index >= 15 is 0 Å². The first kappa shape index (κ1) is 16.9. The Morgan fingerprint density at radius 2 is 1.81 bits per heavy atom. The van der Waals surface area contributed by atoms with Crippen LogP contribution >= 0.6 is 0 Å². The van der Waals surface area contributed by atoms with Crippen LogP contribution < -0.4 is 4.74 Å². The summed E-state index contributed by atoms with van der Waals surface area (Å²) >= 11 is 0. The van der Waals surface area contributed by atoms with Gasteiger partial charge in [-0.25, -0.2) is 0 Å². The van der Waals surface area contributed by atoms with E-state index in [0.29, 0.717) is 18.4 Å². The molecule has 0 aliphatic heterocycles. The van der Waals surface area contributed by atoms with Gasteiger partial charge in [0.15, 0.2) is 0 Å². The molecule has 2 aliphatic carbocycles. The first-order valence-electron chi connectivity index (χ1n) is 9.29. The number of rotatable bonds is 6. The highest BCUT2D eigenvalue weighted by Gasteiger charge is 2.50. The zero-order valence-electron chi connectivity index (χ0n) is 15.1. The lowest BCUT2D eigenvalue weighted by Crippen LogP contribution is -2.34. The second-order valence-electron chi connectivity index (χ2n) is 7.46. The van der Waals surface area contributed by atoms with E-state index in [2.05, 4.69) is 24.3 Å². The molecule has 1 fully saturated rings. The van der Waals surface area contributed by atoms with Crippen LogP contribution in [-0.4, -0.2) is 19.2 Å². The topological polar surface area (TPSA) is 35.5 Å². The molecule has 0 amide bonds. The monoisotopic (exact) mass is 348 g/mol. The molecule has 3 unspecified atom stereocenters. The van der Waals surface area contributed by atoms with Crippen LogP contribution in [-0.2, 0) is 9.53 Å². The second-order valence-corrected chi connectivity index (χ2v) is 7.46. The van der Waals surface area contributed by atoms with Crippen LogP contribution in [0.5, 0.6) is 5.75 Å². The summed E-state index contributed by atoms with van der Waals surface area (Å²) in [6.45, 7) is 2.67. The highest BCUT2D eigenvalue weighted by molar-refractivity contribution is 5.78. The average molecular weight is 348 g/mol. The average Bonchev–Trinajstić information content (AvgIpc) is 3.27. The van der Waals surface area contributed by atoms with Gasteiger partial charge in [0.05, 0.1) is 5.41 Å². The lowest BCUT2D eigenvalue weighted by atomic mass is 9.78. The number of hydrogen-bond donors (Lipinski definition) is 0. The van der Waals surface area contributed by atoms with Crippen molar-refractivity contribution in [1.29, 1.82) is 0 Å². The molecule has 134 valence electrons. The largest absolute Gasteiger partial charge is 0.489 e. The number of benzene rings is 2. The van der Waals surface area contributed by atoms with Gasteiger partial charge in [0.25, 0.3) is 0 Å². The molecule has 2 aliphatic rings. The summed E-state index contributed by atoms with van der Waals surface area (Å²) < 4.78 is 11.5. The van der Waals surface area contributed by atoms with Gasteiger partial charge in [0.1, 0.15) is 19.0 Å². The number of fused-ring (bicyclic) bond motifs is 2. The van der Waals surface area contributed by atoms with E-state index in [0.717, 1.165) is 29.7 Å². The van der Waals surface area contributed by atoms with Crippen LogP contribution in [0.2, 0.25) is 0 Å². The standard InChI is InChI=1S/C23H24O3/c1-23(16-17-11-12-19(23)15-17)22(24)26-14-13-25-21-10-6-5-9-20(21)18-7-3-2-4-8-18/h2-12,17,19H,13-16H2,1H3. The number of allylic oxidation sites excluding steroid dienone is 2. The summed E-state index contributed by atoms with van der Waals surface area (Å²) in [6, 6.07) is 18.1. The molecule has 1 saturated carbocycles. The lowest BCUT2D eigenvalue weighted by Gasteiger charge is -2.28. The molecule has 0 radical (unpaired) electrons. The fraction of sp³-hybridized carbons (Fsp3) is 0.348. The Morgan fingerprint density at radius 3 is 2.54 bits per heavy atom. The molecule has 0 heterocycles.